The second-order valence-corrected chi connectivity index (χ2v) is 3.18. The van der Waals surface area contributed by atoms with Crippen molar-refractivity contribution in [3.63, 3.8) is 0 Å². The minimum absolute atomic E-state index is 0.0251. The van der Waals surface area contributed by atoms with Gasteiger partial charge in [0, 0.05) is 0 Å². The van der Waals surface area contributed by atoms with Gasteiger partial charge in [-0.2, -0.15) is 0 Å². The molecule has 0 bridgehead atoms. The predicted molar refractivity (Wildman–Crippen MR) is 54.2 cm³/mol. The Morgan fingerprint density at radius 1 is 1.31 bits per heavy atom. The van der Waals surface area contributed by atoms with Crippen LogP contribution in [0.4, 0.5) is 4.39 Å². The SMILES string of the molecule is O=C(OCc1cccc(F)c1)c1ccco1. The summed E-state index contributed by atoms with van der Waals surface area (Å²) in [6.07, 6.45) is 1.39. The van der Waals surface area contributed by atoms with Crippen LogP contribution in [0.5, 0.6) is 0 Å². The van der Waals surface area contributed by atoms with Gasteiger partial charge in [0.1, 0.15) is 12.4 Å². The molecule has 4 heteroatoms. The Morgan fingerprint density at radius 3 is 2.88 bits per heavy atom. The third-order valence-electron chi connectivity index (χ3n) is 1.98. The summed E-state index contributed by atoms with van der Waals surface area (Å²) in [6, 6.07) is 8.99. The van der Waals surface area contributed by atoms with Crippen LogP contribution in [0.2, 0.25) is 0 Å². The van der Waals surface area contributed by atoms with Gasteiger partial charge < -0.3 is 9.15 Å². The molecule has 0 fully saturated rings. The number of furan rings is 1. The first-order valence-corrected chi connectivity index (χ1v) is 4.71. The summed E-state index contributed by atoms with van der Waals surface area (Å²) in [5.41, 5.74) is 0.597. The molecule has 1 aromatic carbocycles. The van der Waals surface area contributed by atoms with Crippen molar-refractivity contribution in [1.29, 1.82) is 0 Å². The third-order valence-corrected chi connectivity index (χ3v) is 1.98. The van der Waals surface area contributed by atoms with Gasteiger partial charge in [0.15, 0.2) is 0 Å². The summed E-state index contributed by atoms with van der Waals surface area (Å²) in [4.78, 5) is 11.4. The highest BCUT2D eigenvalue weighted by Gasteiger charge is 2.09. The van der Waals surface area contributed by atoms with Crippen LogP contribution < -0.4 is 0 Å². The Balaban J connectivity index is 1.95. The van der Waals surface area contributed by atoms with Crippen LogP contribution in [0.3, 0.4) is 0 Å². The molecule has 0 saturated heterocycles. The van der Waals surface area contributed by atoms with Crippen molar-refractivity contribution in [3.05, 3.63) is 59.8 Å². The van der Waals surface area contributed by atoms with Gasteiger partial charge in [-0.25, -0.2) is 9.18 Å². The summed E-state index contributed by atoms with van der Waals surface area (Å²) >= 11 is 0. The van der Waals surface area contributed by atoms with E-state index in [0.717, 1.165) is 0 Å². The van der Waals surface area contributed by atoms with E-state index in [1.807, 2.05) is 0 Å². The van der Waals surface area contributed by atoms with Gasteiger partial charge in [0.05, 0.1) is 6.26 Å². The van der Waals surface area contributed by atoms with Gasteiger partial charge in [-0.05, 0) is 29.8 Å². The quantitative estimate of drug-likeness (QED) is 0.746. The smallest absolute Gasteiger partial charge is 0.374 e. The molecule has 0 amide bonds. The van der Waals surface area contributed by atoms with E-state index in [1.165, 1.54) is 24.5 Å². The Morgan fingerprint density at radius 2 is 2.19 bits per heavy atom. The van der Waals surface area contributed by atoms with Crippen LogP contribution in [0.1, 0.15) is 16.1 Å². The lowest BCUT2D eigenvalue weighted by Gasteiger charge is -2.02. The number of hydrogen-bond acceptors (Lipinski definition) is 3. The van der Waals surface area contributed by atoms with Crippen molar-refractivity contribution < 1.29 is 18.3 Å². The second-order valence-electron chi connectivity index (χ2n) is 3.18. The number of carbonyl (C=O) groups is 1. The lowest BCUT2D eigenvalue weighted by atomic mass is 10.2. The predicted octanol–water partition coefficient (Wildman–Crippen LogP) is 2.78. The average molecular weight is 220 g/mol. The zero-order valence-corrected chi connectivity index (χ0v) is 8.35. The van der Waals surface area contributed by atoms with Crippen LogP contribution >= 0.6 is 0 Å². The van der Waals surface area contributed by atoms with Crippen LogP contribution in [-0.2, 0) is 11.3 Å². The maximum Gasteiger partial charge on any atom is 0.374 e. The molecule has 1 heterocycles. The fraction of sp³-hybridized carbons (Fsp3) is 0.0833. The first-order chi connectivity index (χ1) is 7.75. The lowest BCUT2D eigenvalue weighted by molar-refractivity contribution is 0.0436. The van der Waals surface area contributed by atoms with E-state index in [0.29, 0.717) is 5.56 Å². The Labute approximate surface area is 91.5 Å². The van der Waals surface area contributed by atoms with Crippen LogP contribution in [0, 0.1) is 5.82 Å². The summed E-state index contributed by atoms with van der Waals surface area (Å²) in [5, 5.41) is 0. The fourth-order valence-electron chi connectivity index (χ4n) is 1.24. The highest BCUT2D eigenvalue weighted by atomic mass is 19.1. The van der Waals surface area contributed by atoms with Gasteiger partial charge in [-0.15, -0.1) is 0 Å². The van der Waals surface area contributed by atoms with Crippen molar-refractivity contribution in [2.45, 2.75) is 6.61 Å². The fourth-order valence-corrected chi connectivity index (χ4v) is 1.24. The minimum Gasteiger partial charge on any atom is -0.457 e. The highest BCUT2D eigenvalue weighted by Crippen LogP contribution is 2.08. The molecule has 0 aliphatic heterocycles. The molecular formula is C12H9FO3. The molecule has 16 heavy (non-hydrogen) atoms. The van der Waals surface area contributed by atoms with Gasteiger partial charge in [0.25, 0.3) is 0 Å². The zero-order valence-electron chi connectivity index (χ0n) is 8.35. The van der Waals surface area contributed by atoms with E-state index in [-0.39, 0.29) is 18.2 Å². The van der Waals surface area contributed by atoms with Gasteiger partial charge >= 0.3 is 5.97 Å². The normalized spacial score (nSPS) is 10.1. The average Bonchev–Trinajstić information content (AvgIpc) is 2.79. The molecule has 3 nitrogen and oxygen atoms in total. The number of ether oxygens (including phenoxy) is 1. The number of rotatable bonds is 3. The van der Waals surface area contributed by atoms with E-state index in [4.69, 9.17) is 9.15 Å². The molecule has 0 N–H and O–H groups in total. The summed E-state index contributed by atoms with van der Waals surface area (Å²) in [6.45, 7) is 0.0251. The number of benzene rings is 1. The molecule has 0 unspecified atom stereocenters. The summed E-state index contributed by atoms with van der Waals surface area (Å²) < 4.78 is 22.6. The Kier molecular flexibility index (Phi) is 3.00. The minimum atomic E-state index is -0.561. The van der Waals surface area contributed by atoms with Crippen LogP contribution in [0.15, 0.2) is 47.1 Å². The zero-order chi connectivity index (χ0) is 11.4. The van der Waals surface area contributed by atoms with Gasteiger partial charge in [-0.3, -0.25) is 0 Å². The largest absolute Gasteiger partial charge is 0.457 e. The van der Waals surface area contributed by atoms with Crippen molar-refractivity contribution in [3.8, 4) is 0 Å². The van der Waals surface area contributed by atoms with Crippen molar-refractivity contribution in [2.24, 2.45) is 0 Å². The molecule has 0 atom stereocenters. The molecular weight excluding hydrogens is 211 g/mol. The third kappa shape index (κ3) is 2.48. The Bertz CT molecular complexity index is 477. The van der Waals surface area contributed by atoms with E-state index >= 15 is 0 Å². The van der Waals surface area contributed by atoms with E-state index in [9.17, 15) is 9.18 Å². The monoisotopic (exact) mass is 220 g/mol. The maximum absolute atomic E-state index is 12.8. The molecule has 0 saturated carbocycles. The van der Waals surface area contributed by atoms with E-state index in [2.05, 4.69) is 0 Å². The first kappa shape index (κ1) is 10.4. The molecule has 0 aliphatic rings. The number of carbonyl (C=O) groups excluding carboxylic acids is 1. The van der Waals surface area contributed by atoms with Crippen molar-refractivity contribution >= 4 is 5.97 Å². The molecule has 0 aliphatic carbocycles. The molecule has 0 spiro atoms. The topological polar surface area (TPSA) is 39.4 Å². The number of esters is 1. The van der Waals surface area contributed by atoms with Gasteiger partial charge in [0.2, 0.25) is 5.76 Å². The highest BCUT2D eigenvalue weighted by molar-refractivity contribution is 5.86. The molecule has 2 rings (SSSR count). The van der Waals surface area contributed by atoms with Crippen LogP contribution in [-0.4, -0.2) is 5.97 Å². The Hall–Kier alpha value is -2.10. The molecule has 2 aromatic rings. The first-order valence-electron chi connectivity index (χ1n) is 4.71. The maximum atomic E-state index is 12.8. The molecule has 82 valence electrons. The number of halogens is 1. The number of hydrogen-bond donors (Lipinski definition) is 0. The van der Waals surface area contributed by atoms with Gasteiger partial charge in [-0.1, -0.05) is 12.1 Å². The summed E-state index contributed by atoms with van der Waals surface area (Å²) in [5.74, 6) is -0.780. The lowest BCUT2D eigenvalue weighted by Crippen LogP contribution is -2.03. The van der Waals surface area contributed by atoms with Crippen molar-refractivity contribution in [2.75, 3.05) is 0 Å². The second kappa shape index (κ2) is 4.61. The summed E-state index contributed by atoms with van der Waals surface area (Å²) in [7, 11) is 0. The van der Waals surface area contributed by atoms with E-state index in [1.54, 1.807) is 18.2 Å². The van der Waals surface area contributed by atoms with E-state index < -0.39 is 5.97 Å². The van der Waals surface area contributed by atoms with Crippen molar-refractivity contribution in [1.82, 2.24) is 0 Å². The molecule has 1 aromatic heterocycles. The molecule has 0 radical (unpaired) electrons. The van der Waals surface area contributed by atoms with Crippen LogP contribution in [0.25, 0.3) is 0 Å². The standard InChI is InChI=1S/C12H9FO3/c13-10-4-1-3-9(7-10)8-16-12(14)11-5-2-6-15-11/h1-7H,8H2.